The Morgan fingerprint density at radius 3 is 2.10 bits per heavy atom. The molecule has 1 saturated heterocycles. The Balaban J connectivity index is 1.47. The average molecular weight is 415 g/mol. The highest BCUT2D eigenvalue weighted by molar-refractivity contribution is 7.88. The summed E-state index contributed by atoms with van der Waals surface area (Å²) in [6, 6.07) is 17.7. The van der Waals surface area contributed by atoms with Crippen molar-refractivity contribution in [3.8, 4) is 0 Å². The van der Waals surface area contributed by atoms with Crippen molar-refractivity contribution in [2.75, 3.05) is 26.2 Å². The molecule has 3 rings (SSSR count). The number of hydrogen-bond acceptors (Lipinski definition) is 3. The Morgan fingerprint density at radius 2 is 1.52 bits per heavy atom. The van der Waals surface area contributed by atoms with E-state index in [1.807, 2.05) is 30.3 Å². The van der Waals surface area contributed by atoms with Crippen LogP contribution < -0.4 is 0 Å². The van der Waals surface area contributed by atoms with Crippen LogP contribution >= 0.6 is 0 Å². The van der Waals surface area contributed by atoms with Gasteiger partial charge in [0.15, 0.2) is 0 Å². The lowest BCUT2D eigenvalue weighted by Gasteiger charge is -2.34. The number of sulfonamides is 1. The molecule has 1 aliphatic rings. The zero-order valence-electron chi connectivity index (χ0n) is 17.3. The van der Waals surface area contributed by atoms with Gasteiger partial charge in [0.1, 0.15) is 0 Å². The van der Waals surface area contributed by atoms with Crippen molar-refractivity contribution in [2.24, 2.45) is 0 Å². The highest BCUT2D eigenvalue weighted by atomic mass is 32.2. The first kappa shape index (κ1) is 21.5. The molecule has 5 nitrogen and oxygen atoms in total. The molecular formula is C23H30N2O3S. The Hall–Kier alpha value is -2.18. The number of carbonyl (C=O) groups excluding carboxylic acids is 1. The normalized spacial score (nSPS) is 15.6. The van der Waals surface area contributed by atoms with E-state index in [-0.39, 0.29) is 11.7 Å². The quantitative estimate of drug-likeness (QED) is 0.698. The zero-order valence-corrected chi connectivity index (χ0v) is 18.1. The molecule has 1 aliphatic heterocycles. The molecule has 6 heteroatoms. The van der Waals surface area contributed by atoms with Crippen molar-refractivity contribution in [3.05, 3.63) is 71.3 Å². The molecule has 0 spiro atoms. The second-order valence-corrected chi connectivity index (χ2v) is 9.89. The molecule has 156 valence electrons. The van der Waals surface area contributed by atoms with E-state index in [1.165, 1.54) is 9.87 Å². The number of aryl methyl sites for hydroxylation is 1. The number of benzene rings is 2. The van der Waals surface area contributed by atoms with Gasteiger partial charge in [-0.3, -0.25) is 4.79 Å². The monoisotopic (exact) mass is 414 g/mol. The highest BCUT2D eigenvalue weighted by Gasteiger charge is 2.28. The third kappa shape index (κ3) is 5.90. The molecule has 0 saturated carbocycles. The van der Waals surface area contributed by atoms with Crippen LogP contribution in [0.3, 0.4) is 0 Å². The second kappa shape index (κ2) is 9.55. The topological polar surface area (TPSA) is 57.7 Å². The Morgan fingerprint density at radius 1 is 0.897 bits per heavy atom. The fourth-order valence-electron chi connectivity index (χ4n) is 3.57. The minimum absolute atomic E-state index is 0.00809. The van der Waals surface area contributed by atoms with Crippen LogP contribution in [0.2, 0.25) is 0 Å². The van der Waals surface area contributed by atoms with Crippen LogP contribution in [0.25, 0.3) is 0 Å². The number of hydrogen-bond donors (Lipinski definition) is 0. The van der Waals surface area contributed by atoms with E-state index in [2.05, 4.69) is 38.1 Å². The molecular weight excluding hydrogens is 384 g/mol. The van der Waals surface area contributed by atoms with Crippen molar-refractivity contribution in [1.29, 1.82) is 0 Å². The van der Waals surface area contributed by atoms with Gasteiger partial charge in [-0.15, -0.1) is 0 Å². The third-order valence-corrected chi connectivity index (χ3v) is 7.30. The summed E-state index contributed by atoms with van der Waals surface area (Å²) in [6.45, 7) is 5.97. The van der Waals surface area contributed by atoms with E-state index < -0.39 is 10.0 Å². The summed E-state index contributed by atoms with van der Waals surface area (Å²) in [7, 11) is -3.36. The predicted octanol–water partition coefficient (Wildman–Crippen LogP) is 3.42. The second-order valence-electron chi connectivity index (χ2n) is 7.92. The summed E-state index contributed by atoms with van der Waals surface area (Å²) in [4.78, 5) is 14.3. The van der Waals surface area contributed by atoms with E-state index in [9.17, 15) is 13.2 Å². The summed E-state index contributed by atoms with van der Waals surface area (Å²) in [5.74, 6) is 0.604. The van der Waals surface area contributed by atoms with E-state index >= 15 is 0 Å². The molecule has 0 radical (unpaired) electrons. The van der Waals surface area contributed by atoms with Crippen molar-refractivity contribution in [1.82, 2.24) is 9.21 Å². The number of carbonyl (C=O) groups is 1. The fourth-order valence-corrected chi connectivity index (χ4v) is 5.09. The van der Waals surface area contributed by atoms with Crippen LogP contribution in [0.1, 0.15) is 42.9 Å². The van der Waals surface area contributed by atoms with Gasteiger partial charge in [-0.25, -0.2) is 8.42 Å². The molecule has 29 heavy (non-hydrogen) atoms. The number of nitrogens with zero attached hydrogens (tertiary/aromatic N) is 2. The first-order chi connectivity index (χ1) is 13.8. The van der Waals surface area contributed by atoms with Crippen LogP contribution in [-0.4, -0.2) is 49.7 Å². The predicted molar refractivity (Wildman–Crippen MR) is 116 cm³/mol. The molecule has 0 aromatic heterocycles. The fraction of sp³-hybridized carbons (Fsp3) is 0.435. The van der Waals surface area contributed by atoms with Crippen LogP contribution in [0, 0.1) is 0 Å². The summed E-state index contributed by atoms with van der Waals surface area (Å²) in [5, 5.41) is 0. The summed E-state index contributed by atoms with van der Waals surface area (Å²) in [6.07, 6.45) is 1.17. The van der Waals surface area contributed by atoms with Crippen LogP contribution in [-0.2, 0) is 27.0 Å². The van der Waals surface area contributed by atoms with E-state index in [1.54, 1.807) is 4.90 Å². The number of rotatable bonds is 7. The van der Waals surface area contributed by atoms with Crippen molar-refractivity contribution in [2.45, 2.75) is 38.4 Å². The lowest BCUT2D eigenvalue weighted by Crippen LogP contribution is -2.50. The van der Waals surface area contributed by atoms with Gasteiger partial charge in [0.05, 0.1) is 5.75 Å². The Labute approximate surface area is 174 Å². The van der Waals surface area contributed by atoms with Gasteiger partial charge >= 0.3 is 0 Å². The van der Waals surface area contributed by atoms with Gasteiger partial charge in [0.2, 0.25) is 15.9 Å². The van der Waals surface area contributed by atoms with Crippen LogP contribution in [0.15, 0.2) is 54.6 Å². The maximum atomic E-state index is 12.6. The van der Waals surface area contributed by atoms with Crippen LogP contribution in [0.5, 0.6) is 0 Å². The molecule has 2 aromatic carbocycles. The molecule has 1 amide bonds. The third-order valence-electron chi connectivity index (χ3n) is 5.45. The van der Waals surface area contributed by atoms with Crippen molar-refractivity contribution >= 4 is 15.9 Å². The van der Waals surface area contributed by atoms with Gasteiger partial charge in [-0.2, -0.15) is 4.31 Å². The summed E-state index contributed by atoms with van der Waals surface area (Å²) >= 11 is 0. The summed E-state index contributed by atoms with van der Waals surface area (Å²) in [5.41, 5.74) is 3.24. The first-order valence-corrected chi connectivity index (χ1v) is 11.8. The largest absolute Gasteiger partial charge is 0.340 e. The molecule has 0 bridgehead atoms. The minimum Gasteiger partial charge on any atom is -0.340 e. The van der Waals surface area contributed by atoms with E-state index in [4.69, 9.17) is 0 Å². The molecule has 1 heterocycles. The maximum Gasteiger partial charge on any atom is 0.222 e. The van der Waals surface area contributed by atoms with E-state index in [0.29, 0.717) is 44.9 Å². The lowest BCUT2D eigenvalue weighted by molar-refractivity contribution is -0.132. The van der Waals surface area contributed by atoms with E-state index in [0.717, 1.165) is 11.1 Å². The van der Waals surface area contributed by atoms with Crippen molar-refractivity contribution < 1.29 is 13.2 Å². The minimum atomic E-state index is -3.36. The molecule has 0 unspecified atom stereocenters. The molecule has 0 aliphatic carbocycles. The van der Waals surface area contributed by atoms with Gasteiger partial charge < -0.3 is 4.90 Å². The maximum absolute atomic E-state index is 12.6. The Kier molecular flexibility index (Phi) is 7.09. The smallest absolute Gasteiger partial charge is 0.222 e. The van der Waals surface area contributed by atoms with Gasteiger partial charge in [-0.1, -0.05) is 68.4 Å². The molecule has 2 aromatic rings. The number of piperazine rings is 1. The standard InChI is InChI=1S/C23H30N2O3S/c1-19(2)22-11-8-20(9-12-22)10-13-23(26)24-14-16-25(17-15-24)29(27,28)18-21-6-4-3-5-7-21/h3-9,11-12,19H,10,13-18H2,1-2H3. The average Bonchev–Trinajstić information content (AvgIpc) is 2.73. The molecule has 1 fully saturated rings. The summed E-state index contributed by atoms with van der Waals surface area (Å²) < 4.78 is 26.8. The zero-order chi connectivity index (χ0) is 20.9. The van der Waals surface area contributed by atoms with Crippen molar-refractivity contribution in [3.63, 3.8) is 0 Å². The highest BCUT2D eigenvalue weighted by Crippen LogP contribution is 2.17. The first-order valence-electron chi connectivity index (χ1n) is 10.2. The lowest BCUT2D eigenvalue weighted by atomic mass is 10.00. The van der Waals surface area contributed by atoms with Gasteiger partial charge in [0.25, 0.3) is 0 Å². The van der Waals surface area contributed by atoms with Gasteiger partial charge in [-0.05, 0) is 29.0 Å². The van der Waals surface area contributed by atoms with Gasteiger partial charge in [0, 0.05) is 32.6 Å². The number of amides is 1. The SMILES string of the molecule is CC(C)c1ccc(CCC(=O)N2CCN(S(=O)(=O)Cc3ccccc3)CC2)cc1. The molecule has 0 N–H and O–H groups in total. The Bertz CT molecular complexity index is 901. The molecule has 0 atom stereocenters. The van der Waals surface area contributed by atoms with Crippen LogP contribution in [0.4, 0.5) is 0 Å².